The molecule has 2 heterocycles. The molecule has 0 aliphatic heterocycles. The van der Waals surface area contributed by atoms with Gasteiger partial charge in [0.05, 0.1) is 5.69 Å². The minimum atomic E-state index is -0.320. The Kier molecular flexibility index (Phi) is 3.78. The van der Waals surface area contributed by atoms with Gasteiger partial charge in [-0.05, 0) is 30.3 Å². The topological polar surface area (TPSA) is 64.0 Å². The van der Waals surface area contributed by atoms with Crippen molar-refractivity contribution >= 4 is 11.6 Å². The molecule has 0 aliphatic carbocycles. The lowest BCUT2D eigenvalue weighted by Crippen LogP contribution is -2.19. The van der Waals surface area contributed by atoms with E-state index in [0.29, 0.717) is 11.4 Å². The highest BCUT2D eigenvalue weighted by molar-refractivity contribution is 6.02. The number of pyridine rings is 2. The molecule has 5 nitrogen and oxygen atoms in total. The molecular formula is C17H13N3O2. The Labute approximate surface area is 126 Å². The molecule has 0 aliphatic rings. The molecule has 22 heavy (non-hydrogen) atoms. The van der Waals surface area contributed by atoms with Crippen LogP contribution in [0, 0.1) is 0 Å². The maximum atomic E-state index is 12.1. The molecule has 3 aromatic rings. The molecule has 2 aromatic heterocycles. The zero-order valence-corrected chi connectivity index (χ0v) is 11.6. The molecule has 108 valence electrons. The fourth-order valence-electron chi connectivity index (χ4n) is 2.04. The van der Waals surface area contributed by atoms with E-state index in [4.69, 9.17) is 0 Å². The van der Waals surface area contributed by atoms with Crippen LogP contribution in [-0.4, -0.2) is 15.5 Å². The van der Waals surface area contributed by atoms with Gasteiger partial charge in [-0.1, -0.05) is 24.3 Å². The molecule has 0 unspecified atom stereocenters. The van der Waals surface area contributed by atoms with Crippen LogP contribution in [0.5, 0.6) is 0 Å². The number of hydrogen-bond acceptors (Lipinski definition) is 3. The SMILES string of the molecule is O=C(Nc1ccc(=O)n(-c2ccccc2)c1)c1ccccn1. The summed E-state index contributed by atoms with van der Waals surface area (Å²) in [7, 11) is 0. The molecule has 1 N–H and O–H groups in total. The second kappa shape index (κ2) is 6.05. The molecule has 3 rings (SSSR count). The number of nitrogens with zero attached hydrogens (tertiary/aromatic N) is 2. The Bertz CT molecular complexity index is 843. The average Bonchev–Trinajstić information content (AvgIpc) is 2.58. The lowest BCUT2D eigenvalue weighted by atomic mass is 10.3. The van der Waals surface area contributed by atoms with E-state index in [1.165, 1.54) is 10.6 Å². The third kappa shape index (κ3) is 2.93. The summed E-state index contributed by atoms with van der Waals surface area (Å²) < 4.78 is 1.48. The molecule has 0 fully saturated rings. The standard InChI is InChI=1S/C17H13N3O2/c21-16-10-9-13(12-20(16)14-6-2-1-3-7-14)19-17(22)15-8-4-5-11-18-15/h1-12H,(H,19,22). The highest BCUT2D eigenvalue weighted by Crippen LogP contribution is 2.10. The van der Waals surface area contributed by atoms with Crippen LogP contribution in [0.3, 0.4) is 0 Å². The minimum Gasteiger partial charge on any atom is -0.319 e. The largest absolute Gasteiger partial charge is 0.319 e. The van der Waals surface area contributed by atoms with Gasteiger partial charge in [0.15, 0.2) is 0 Å². The van der Waals surface area contributed by atoms with Crippen LogP contribution >= 0.6 is 0 Å². The molecular weight excluding hydrogens is 278 g/mol. The number of nitrogens with one attached hydrogen (secondary N) is 1. The first-order valence-electron chi connectivity index (χ1n) is 6.74. The van der Waals surface area contributed by atoms with Gasteiger partial charge in [0.2, 0.25) is 0 Å². The van der Waals surface area contributed by atoms with E-state index in [2.05, 4.69) is 10.3 Å². The van der Waals surface area contributed by atoms with Crippen LogP contribution in [0.4, 0.5) is 5.69 Å². The third-order valence-corrected chi connectivity index (χ3v) is 3.10. The number of benzene rings is 1. The van der Waals surface area contributed by atoms with Crippen LogP contribution in [0.15, 0.2) is 77.9 Å². The van der Waals surface area contributed by atoms with Gasteiger partial charge in [0.1, 0.15) is 5.69 Å². The van der Waals surface area contributed by atoms with Crippen LogP contribution in [0.2, 0.25) is 0 Å². The van der Waals surface area contributed by atoms with E-state index >= 15 is 0 Å². The number of carbonyl (C=O) groups is 1. The Morgan fingerprint density at radius 1 is 0.955 bits per heavy atom. The van der Waals surface area contributed by atoms with E-state index in [1.54, 1.807) is 36.7 Å². The van der Waals surface area contributed by atoms with Crippen molar-refractivity contribution in [2.45, 2.75) is 0 Å². The van der Waals surface area contributed by atoms with Crippen molar-refractivity contribution in [1.29, 1.82) is 0 Å². The number of carbonyl (C=O) groups excluding carboxylic acids is 1. The van der Waals surface area contributed by atoms with E-state index in [9.17, 15) is 9.59 Å². The first-order valence-corrected chi connectivity index (χ1v) is 6.74. The predicted molar refractivity (Wildman–Crippen MR) is 84.2 cm³/mol. The highest BCUT2D eigenvalue weighted by Gasteiger charge is 2.08. The summed E-state index contributed by atoms with van der Waals surface area (Å²) in [6.07, 6.45) is 3.15. The summed E-state index contributed by atoms with van der Waals surface area (Å²) in [6.45, 7) is 0. The maximum Gasteiger partial charge on any atom is 0.274 e. The van der Waals surface area contributed by atoms with Crippen molar-refractivity contribution in [2.75, 3.05) is 5.32 Å². The van der Waals surface area contributed by atoms with Crippen molar-refractivity contribution in [3.63, 3.8) is 0 Å². The van der Waals surface area contributed by atoms with Gasteiger partial charge in [0, 0.05) is 24.1 Å². The number of para-hydroxylation sites is 1. The zero-order valence-electron chi connectivity index (χ0n) is 11.6. The van der Waals surface area contributed by atoms with Crippen LogP contribution in [0.25, 0.3) is 5.69 Å². The van der Waals surface area contributed by atoms with Gasteiger partial charge >= 0.3 is 0 Å². The lowest BCUT2D eigenvalue weighted by molar-refractivity contribution is 0.102. The number of anilines is 1. The molecule has 0 saturated heterocycles. The molecule has 1 amide bonds. The Balaban J connectivity index is 1.90. The molecule has 1 aromatic carbocycles. The second-order valence-electron chi connectivity index (χ2n) is 4.63. The van der Waals surface area contributed by atoms with Crippen LogP contribution in [-0.2, 0) is 0 Å². The summed E-state index contributed by atoms with van der Waals surface area (Å²) in [5.41, 5.74) is 1.42. The Morgan fingerprint density at radius 2 is 1.73 bits per heavy atom. The van der Waals surface area contributed by atoms with Gasteiger partial charge in [-0.2, -0.15) is 0 Å². The Morgan fingerprint density at radius 3 is 2.45 bits per heavy atom. The van der Waals surface area contributed by atoms with Gasteiger partial charge in [-0.25, -0.2) is 0 Å². The first kappa shape index (κ1) is 13.8. The maximum absolute atomic E-state index is 12.1. The summed E-state index contributed by atoms with van der Waals surface area (Å²) in [4.78, 5) is 28.0. The lowest BCUT2D eigenvalue weighted by Gasteiger charge is -2.09. The summed E-state index contributed by atoms with van der Waals surface area (Å²) >= 11 is 0. The first-order chi connectivity index (χ1) is 10.7. The van der Waals surface area contributed by atoms with Crippen molar-refractivity contribution in [1.82, 2.24) is 9.55 Å². The number of amides is 1. The average molecular weight is 291 g/mol. The van der Waals surface area contributed by atoms with Gasteiger partial charge in [0.25, 0.3) is 11.5 Å². The van der Waals surface area contributed by atoms with Gasteiger partial charge < -0.3 is 5.32 Å². The van der Waals surface area contributed by atoms with E-state index in [1.807, 2.05) is 30.3 Å². The summed E-state index contributed by atoms with van der Waals surface area (Å²) in [6, 6.07) is 17.3. The molecule has 0 bridgehead atoms. The number of rotatable bonds is 3. The predicted octanol–water partition coefficient (Wildman–Crippen LogP) is 2.48. The minimum absolute atomic E-state index is 0.165. The summed E-state index contributed by atoms with van der Waals surface area (Å²) in [5.74, 6) is -0.320. The fourth-order valence-corrected chi connectivity index (χ4v) is 2.04. The van der Waals surface area contributed by atoms with Crippen molar-refractivity contribution in [3.05, 3.63) is 89.1 Å². The highest BCUT2D eigenvalue weighted by atomic mass is 16.2. The van der Waals surface area contributed by atoms with E-state index < -0.39 is 0 Å². The van der Waals surface area contributed by atoms with Crippen LogP contribution in [0.1, 0.15) is 10.5 Å². The molecule has 0 atom stereocenters. The van der Waals surface area contributed by atoms with Crippen LogP contribution < -0.4 is 10.9 Å². The molecule has 0 spiro atoms. The van der Waals surface area contributed by atoms with Crippen molar-refractivity contribution in [2.24, 2.45) is 0 Å². The van der Waals surface area contributed by atoms with Gasteiger partial charge in [-0.15, -0.1) is 0 Å². The second-order valence-corrected chi connectivity index (χ2v) is 4.63. The van der Waals surface area contributed by atoms with Gasteiger partial charge in [-0.3, -0.25) is 19.1 Å². The molecule has 5 heteroatoms. The smallest absolute Gasteiger partial charge is 0.274 e. The molecule has 0 radical (unpaired) electrons. The Hall–Kier alpha value is -3.21. The number of hydrogen-bond donors (Lipinski definition) is 1. The number of aromatic nitrogens is 2. The monoisotopic (exact) mass is 291 g/mol. The van der Waals surface area contributed by atoms with Crippen molar-refractivity contribution in [3.8, 4) is 5.69 Å². The van der Waals surface area contributed by atoms with Crippen molar-refractivity contribution < 1.29 is 4.79 Å². The normalized spacial score (nSPS) is 10.2. The zero-order chi connectivity index (χ0) is 15.4. The van der Waals surface area contributed by atoms with E-state index in [-0.39, 0.29) is 11.5 Å². The third-order valence-electron chi connectivity index (χ3n) is 3.10. The van der Waals surface area contributed by atoms with E-state index in [0.717, 1.165) is 5.69 Å². The molecule has 0 saturated carbocycles. The quantitative estimate of drug-likeness (QED) is 0.806. The fraction of sp³-hybridized carbons (Fsp3) is 0. The summed E-state index contributed by atoms with van der Waals surface area (Å²) in [5, 5.41) is 2.73.